The Bertz CT molecular complexity index is 207. The van der Waals surface area contributed by atoms with E-state index in [-0.39, 0.29) is 5.54 Å². The first-order valence-electron chi connectivity index (χ1n) is 8.38. The van der Waals surface area contributed by atoms with Crippen LogP contribution < -0.4 is 5.32 Å². The maximum Gasteiger partial charge on any atom is 0.0306 e. The Kier molecular flexibility index (Phi) is 9.72. The van der Waals surface area contributed by atoms with E-state index >= 15 is 0 Å². The predicted molar refractivity (Wildman–Crippen MR) is 87.8 cm³/mol. The summed E-state index contributed by atoms with van der Waals surface area (Å²) >= 11 is 0. The number of likely N-dealkylation sites (N-methyl/N-ethyl adjacent to an activating group) is 1. The second-order valence-corrected chi connectivity index (χ2v) is 6.66. The van der Waals surface area contributed by atoms with E-state index in [1.165, 1.54) is 25.7 Å². The Hall–Kier alpha value is -0.0800. The van der Waals surface area contributed by atoms with Gasteiger partial charge in [0.05, 0.1) is 0 Å². The fourth-order valence-corrected chi connectivity index (χ4v) is 3.01. The topological polar surface area (TPSA) is 15.3 Å². The van der Waals surface area contributed by atoms with Gasteiger partial charge in [0.15, 0.2) is 0 Å². The molecule has 0 saturated heterocycles. The monoisotopic (exact) mass is 270 g/mol. The number of rotatable bonds is 11. The molecule has 0 aliphatic carbocycles. The molecular weight excluding hydrogens is 232 g/mol. The zero-order valence-electron chi connectivity index (χ0n) is 14.6. The molecule has 0 radical (unpaired) electrons. The molecule has 0 aliphatic rings. The van der Waals surface area contributed by atoms with E-state index in [2.05, 4.69) is 58.7 Å². The van der Waals surface area contributed by atoms with Crippen LogP contribution in [0, 0.1) is 5.92 Å². The van der Waals surface area contributed by atoms with Crippen molar-refractivity contribution in [2.45, 2.75) is 85.7 Å². The van der Waals surface area contributed by atoms with Gasteiger partial charge in [-0.3, -0.25) is 4.90 Å². The summed E-state index contributed by atoms with van der Waals surface area (Å²) in [6.45, 7) is 19.7. The molecule has 2 nitrogen and oxygen atoms in total. The predicted octanol–water partition coefficient (Wildman–Crippen LogP) is 4.30. The van der Waals surface area contributed by atoms with Crippen molar-refractivity contribution >= 4 is 0 Å². The van der Waals surface area contributed by atoms with Crippen LogP contribution in [0.3, 0.4) is 0 Å². The van der Waals surface area contributed by atoms with E-state index in [4.69, 9.17) is 0 Å². The Morgan fingerprint density at radius 3 is 2.00 bits per heavy atom. The molecule has 0 aromatic rings. The van der Waals surface area contributed by atoms with Gasteiger partial charge in [0.1, 0.15) is 0 Å². The summed E-state index contributed by atoms with van der Waals surface area (Å²) in [5, 5.41) is 3.79. The van der Waals surface area contributed by atoms with Gasteiger partial charge in [-0.15, -0.1) is 0 Å². The lowest BCUT2D eigenvalue weighted by Gasteiger charge is -2.44. The molecule has 116 valence electrons. The molecular formula is C17H38N2. The molecule has 0 aliphatic heterocycles. The molecule has 0 amide bonds. The first-order valence-corrected chi connectivity index (χ1v) is 8.38. The third-order valence-electron chi connectivity index (χ3n) is 4.35. The highest BCUT2D eigenvalue weighted by atomic mass is 15.2. The van der Waals surface area contributed by atoms with Crippen LogP contribution >= 0.6 is 0 Å². The van der Waals surface area contributed by atoms with Crippen LogP contribution in [0.15, 0.2) is 0 Å². The maximum absolute atomic E-state index is 3.79. The van der Waals surface area contributed by atoms with Crippen molar-refractivity contribution in [1.29, 1.82) is 0 Å². The zero-order valence-corrected chi connectivity index (χ0v) is 14.6. The standard InChI is InChI=1S/C17H38N2/c1-8-14-18-16(13-11-12-15(4)5)17(6,7)19(9-2)10-3/h15-16,18H,8-14H2,1-7H3. The molecule has 0 aromatic carbocycles. The number of hydrogen-bond donors (Lipinski definition) is 1. The van der Waals surface area contributed by atoms with Gasteiger partial charge in [0.25, 0.3) is 0 Å². The summed E-state index contributed by atoms with van der Waals surface area (Å²) in [6, 6.07) is 0.603. The molecule has 2 heteroatoms. The third kappa shape index (κ3) is 6.76. The van der Waals surface area contributed by atoms with Gasteiger partial charge in [-0.2, -0.15) is 0 Å². The first-order chi connectivity index (χ1) is 8.89. The molecule has 0 saturated carbocycles. The van der Waals surface area contributed by atoms with Crippen molar-refractivity contribution in [1.82, 2.24) is 10.2 Å². The normalized spacial score (nSPS) is 14.4. The molecule has 1 atom stereocenters. The fraction of sp³-hybridized carbons (Fsp3) is 1.00. The van der Waals surface area contributed by atoms with E-state index in [1.54, 1.807) is 0 Å². The minimum atomic E-state index is 0.246. The second kappa shape index (κ2) is 9.77. The van der Waals surface area contributed by atoms with Gasteiger partial charge in [0.2, 0.25) is 0 Å². The molecule has 0 aromatic heterocycles. The molecule has 0 bridgehead atoms. The molecule has 19 heavy (non-hydrogen) atoms. The summed E-state index contributed by atoms with van der Waals surface area (Å²) < 4.78 is 0. The van der Waals surface area contributed by atoms with Crippen LogP contribution in [0.5, 0.6) is 0 Å². The smallest absolute Gasteiger partial charge is 0.0306 e. The zero-order chi connectivity index (χ0) is 14.9. The van der Waals surface area contributed by atoms with Crippen molar-refractivity contribution in [3.8, 4) is 0 Å². The van der Waals surface area contributed by atoms with Crippen LogP contribution in [-0.2, 0) is 0 Å². The lowest BCUT2D eigenvalue weighted by atomic mass is 9.87. The Balaban J connectivity index is 4.60. The van der Waals surface area contributed by atoms with Crippen LogP contribution in [0.25, 0.3) is 0 Å². The molecule has 0 rings (SSSR count). The van der Waals surface area contributed by atoms with Crippen LogP contribution in [0.4, 0.5) is 0 Å². The average Bonchev–Trinajstić information content (AvgIpc) is 2.34. The van der Waals surface area contributed by atoms with E-state index < -0.39 is 0 Å². The lowest BCUT2D eigenvalue weighted by Crippen LogP contribution is -2.57. The van der Waals surface area contributed by atoms with Crippen LogP contribution in [0.2, 0.25) is 0 Å². The van der Waals surface area contributed by atoms with Crippen LogP contribution in [0.1, 0.15) is 74.1 Å². The Morgan fingerprint density at radius 2 is 1.58 bits per heavy atom. The summed E-state index contributed by atoms with van der Waals surface area (Å²) in [4.78, 5) is 2.59. The van der Waals surface area contributed by atoms with Gasteiger partial charge >= 0.3 is 0 Å². The van der Waals surface area contributed by atoms with E-state index in [9.17, 15) is 0 Å². The highest BCUT2D eigenvalue weighted by Crippen LogP contribution is 2.23. The summed E-state index contributed by atoms with van der Waals surface area (Å²) in [5.41, 5.74) is 0.246. The van der Waals surface area contributed by atoms with Gasteiger partial charge in [-0.1, -0.05) is 47.5 Å². The van der Waals surface area contributed by atoms with E-state index in [1.807, 2.05) is 0 Å². The molecule has 0 fully saturated rings. The van der Waals surface area contributed by atoms with Gasteiger partial charge in [0, 0.05) is 11.6 Å². The Labute approximate surface area is 122 Å². The maximum atomic E-state index is 3.79. The third-order valence-corrected chi connectivity index (χ3v) is 4.35. The van der Waals surface area contributed by atoms with Gasteiger partial charge in [-0.25, -0.2) is 0 Å². The molecule has 0 spiro atoms. The summed E-state index contributed by atoms with van der Waals surface area (Å²) in [7, 11) is 0. The average molecular weight is 271 g/mol. The minimum absolute atomic E-state index is 0.246. The van der Waals surface area contributed by atoms with Gasteiger partial charge in [-0.05, 0) is 52.2 Å². The van der Waals surface area contributed by atoms with Crippen molar-refractivity contribution < 1.29 is 0 Å². The second-order valence-electron chi connectivity index (χ2n) is 6.66. The van der Waals surface area contributed by atoms with E-state index in [0.717, 1.165) is 25.6 Å². The number of nitrogens with one attached hydrogen (secondary N) is 1. The van der Waals surface area contributed by atoms with Crippen molar-refractivity contribution in [3.63, 3.8) is 0 Å². The van der Waals surface area contributed by atoms with Crippen molar-refractivity contribution in [2.75, 3.05) is 19.6 Å². The number of nitrogens with zero attached hydrogens (tertiary/aromatic N) is 1. The summed E-state index contributed by atoms with van der Waals surface area (Å²) in [6.07, 6.45) is 5.19. The SMILES string of the molecule is CCCNC(CCCC(C)C)C(C)(C)N(CC)CC. The molecule has 1 N–H and O–H groups in total. The quantitative estimate of drug-likeness (QED) is 0.602. The minimum Gasteiger partial charge on any atom is -0.312 e. The largest absolute Gasteiger partial charge is 0.312 e. The Morgan fingerprint density at radius 1 is 1.00 bits per heavy atom. The highest BCUT2D eigenvalue weighted by molar-refractivity contribution is 4.93. The molecule has 0 heterocycles. The highest BCUT2D eigenvalue weighted by Gasteiger charge is 2.32. The summed E-state index contributed by atoms with van der Waals surface area (Å²) in [5.74, 6) is 0.823. The van der Waals surface area contributed by atoms with Gasteiger partial charge < -0.3 is 5.32 Å². The van der Waals surface area contributed by atoms with Crippen molar-refractivity contribution in [2.24, 2.45) is 5.92 Å². The number of hydrogen-bond acceptors (Lipinski definition) is 2. The lowest BCUT2D eigenvalue weighted by molar-refractivity contribution is 0.0859. The first kappa shape index (κ1) is 18.9. The van der Waals surface area contributed by atoms with Crippen LogP contribution in [-0.4, -0.2) is 36.1 Å². The van der Waals surface area contributed by atoms with E-state index in [0.29, 0.717) is 6.04 Å². The molecule has 1 unspecified atom stereocenters. The fourth-order valence-electron chi connectivity index (χ4n) is 3.01. The van der Waals surface area contributed by atoms with Crippen molar-refractivity contribution in [3.05, 3.63) is 0 Å².